The smallest absolute Gasteiger partial charge is 0.224 e. The van der Waals surface area contributed by atoms with Crippen LogP contribution in [0.2, 0.25) is 0 Å². The van der Waals surface area contributed by atoms with E-state index in [9.17, 15) is 5.11 Å². The molecule has 1 saturated carbocycles. The zero-order valence-corrected chi connectivity index (χ0v) is 12.6. The second-order valence-corrected chi connectivity index (χ2v) is 6.20. The van der Waals surface area contributed by atoms with E-state index in [2.05, 4.69) is 32.0 Å². The molecular formula is C15H20N6O. The summed E-state index contributed by atoms with van der Waals surface area (Å²) >= 11 is 0. The number of aliphatic hydroxyl groups excluding tert-OH is 1. The molecule has 0 saturated heterocycles. The summed E-state index contributed by atoms with van der Waals surface area (Å²) in [4.78, 5) is 15.5. The van der Waals surface area contributed by atoms with Crippen LogP contribution in [0.3, 0.4) is 0 Å². The Morgan fingerprint density at radius 3 is 2.86 bits per heavy atom. The summed E-state index contributed by atoms with van der Waals surface area (Å²) in [6.07, 6.45) is 9.19. The van der Waals surface area contributed by atoms with Gasteiger partial charge in [0.1, 0.15) is 0 Å². The van der Waals surface area contributed by atoms with Crippen LogP contribution in [0.5, 0.6) is 0 Å². The molecule has 2 aromatic rings. The quantitative estimate of drug-likeness (QED) is 0.822. The number of hydrogen-bond acceptors (Lipinski definition) is 6. The first-order valence-electron chi connectivity index (χ1n) is 7.69. The summed E-state index contributed by atoms with van der Waals surface area (Å²) in [5.41, 5.74) is 7.48. The Kier molecular flexibility index (Phi) is 3.04. The monoisotopic (exact) mass is 300 g/mol. The van der Waals surface area contributed by atoms with Crippen LogP contribution in [0.25, 0.3) is 11.2 Å². The van der Waals surface area contributed by atoms with E-state index in [0.29, 0.717) is 6.04 Å². The van der Waals surface area contributed by atoms with Crippen molar-refractivity contribution in [3.8, 4) is 0 Å². The first kappa shape index (κ1) is 13.5. The van der Waals surface area contributed by atoms with E-state index in [-0.39, 0.29) is 24.5 Å². The maximum absolute atomic E-state index is 9.30. The minimum atomic E-state index is 0.163. The second-order valence-electron chi connectivity index (χ2n) is 6.20. The number of aromatic nitrogens is 4. The lowest BCUT2D eigenvalue weighted by molar-refractivity contribution is 0.244. The average Bonchev–Trinajstić information content (AvgIpc) is 3.11. The van der Waals surface area contributed by atoms with Crippen molar-refractivity contribution in [3.05, 3.63) is 18.5 Å². The van der Waals surface area contributed by atoms with Gasteiger partial charge in [-0.25, -0.2) is 4.98 Å². The zero-order chi connectivity index (χ0) is 15.3. The van der Waals surface area contributed by atoms with Gasteiger partial charge in [0.25, 0.3) is 0 Å². The summed E-state index contributed by atoms with van der Waals surface area (Å²) in [5.74, 6) is 1.29. The highest BCUT2D eigenvalue weighted by atomic mass is 16.3. The number of fused-ring (bicyclic) bond motifs is 1. The maximum atomic E-state index is 9.30. The Labute approximate surface area is 128 Å². The molecule has 7 nitrogen and oxygen atoms in total. The predicted octanol–water partition coefficient (Wildman–Crippen LogP) is 1.12. The maximum Gasteiger partial charge on any atom is 0.224 e. The van der Waals surface area contributed by atoms with Crippen molar-refractivity contribution in [2.45, 2.75) is 31.3 Å². The number of anilines is 2. The normalized spacial score (nSPS) is 24.3. The van der Waals surface area contributed by atoms with Crippen molar-refractivity contribution >= 4 is 22.9 Å². The van der Waals surface area contributed by atoms with Gasteiger partial charge in [-0.15, -0.1) is 0 Å². The number of imidazole rings is 1. The van der Waals surface area contributed by atoms with Crippen molar-refractivity contribution in [1.82, 2.24) is 19.5 Å². The molecule has 2 heterocycles. The summed E-state index contributed by atoms with van der Waals surface area (Å²) < 4.78 is 2.03. The topological polar surface area (TPSA) is 93.1 Å². The molecule has 3 N–H and O–H groups in total. The molecule has 2 atom stereocenters. The molecule has 0 aromatic carbocycles. The fourth-order valence-electron chi connectivity index (χ4n) is 3.14. The van der Waals surface area contributed by atoms with Crippen LogP contribution in [-0.4, -0.2) is 44.3 Å². The van der Waals surface area contributed by atoms with E-state index in [0.717, 1.165) is 23.4 Å². The van der Waals surface area contributed by atoms with Crippen LogP contribution in [0.15, 0.2) is 18.5 Å². The van der Waals surface area contributed by atoms with E-state index in [4.69, 9.17) is 5.73 Å². The fraction of sp³-hybridized carbons (Fsp3) is 0.533. The average molecular weight is 300 g/mol. The third kappa shape index (κ3) is 2.12. The van der Waals surface area contributed by atoms with Gasteiger partial charge in [0.05, 0.1) is 12.4 Å². The summed E-state index contributed by atoms with van der Waals surface area (Å²) in [6.45, 7) is 0.173. The van der Waals surface area contributed by atoms with E-state index in [1.165, 1.54) is 12.8 Å². The Morgan fingerprint density at radius 2 is 2.18 bits per heavy atom. The highest BCUT2D eigenvalue weighted by molar-refractivity contribution is 5.85. The van der Waals surface area contributed by atoms with Crippen LogP contribution in [-0.2, 0) is 0 Å². The number of allylic oxidation sites excluding steroid dienone is 1. The molecule has 0 bridgehead atoms. The van der Waals surface area contributed by atoms with E-state index >= 15 is 0 Å². The minimum Gasteiger partial charge on any atom is -0.396 e. The highest BCUT2D eigenvalue weighted by Crippen LogP contribution is 2.35. The fourth-order valence-corrected chi connectivity index (χ4v) is 3.14. The molecule has 0 aliphatic heterocycles. The van der Waals surface area contributed by atoms with Gasteiger partial charge >= 0.3 is 0 Å². The van der Waals surface area contributed by atoms with Crippen molar-refractivity contribution in [2.75, 3.05) is 24.3 Å². The van der Waals surface area contributed by atoms with Crippen LogP contribution in [0.4, 0.5) is 11.8 Å². The van der Waals surface area contributed by atoms with Gasteiger partial charge in [-0.1, -0.05) is 12.2 Å². The van der Waals surface area contributed by atoms with Gasteiger partial charge in [-0.2, -0.15) is 9.97 Å². The van der Waals surface area contributed by atoms with Crippen LogP contribution in [0.1, 0.15) is 25.3 Å². The summed E-state index contributed by atoms with van der Waals surface area (Å²) in [5, 5.41) is 9.30. The SMILES string of the molecule is CN(c1nc(N)nc2c1ncn2C1C=CC(CO)C1)C1CC1. The van der Waals surface area contributed by atoms with E-state index in [1.54, 1.807) is 6.33 Å². The summed E-state index contributed by atoms with van der Waals surface area (Å²) in [6, 6.07) is 0.698. The Morgan fingerprint density at radius 1 is 1.36 bits per heavy atom. The molecule has 0 spiro atoms. The minimum absolute atomic E-state index is 0.163. The molecule has 2 aliphatic rings. The second kappa shape index (κ2) is 4.95. The lowest BCUT2D eigenvalue weighted by atomic mass is 10.1. The van der Waals surface area contributed by atoms with Gasteiger partial charge in [-0.3, -0.25) is 0 Å². The van der Waals surface area contributed by atoms with Crippen molar-refractivity contribution in [2.24, 2.45) is 5.92 Å². The molecule has 2 aromatic heterocycles. The Bertz CT molecular complexity index is 735. The number of hydrogen-bond donors (Lipinski definition) is 2. The largest absolute Gasteiger partial charge is 0.396 e. The molecule has 22 heavy (non-hydrogen) atoms. The number of aliphatic hydroxyl groups is 1. The molecule has 2 unspecified atom stereocenters. The van der Waals surface area contributed by atoms with Gasteiger partial charge in [0.15, 0.2) is 17.0 Å². The first-order chi connectivity index (χ1) is 10.7. The van der Waals surface area contributed by atoms with Gasteiger partial charge in [-0.05, 0) is 19.3 Å². The summed E-state index contributed by atoms with van der Waals surface area (Å²) in [7, 11) is 2.04. The van der Waals surface area contributed by atoms with Crippen molar-refractivity contribution < 1.29 is 5.11 Å². The zero-order valence-electron chi connectivity index (χ0n) is 12.6. The van der Waals surface area contributed by atoms with E-state index < -0.39 is 0 Å². The highest BCUT2D eigenvalue weighted by Gasteiger charge is 2.30. The number of nitrogen functional groups attached to an aromatic ring is 1. The lowest BCUT2D eigenvalue weighted by Crippen LogP contribution is -2.22. The predicted molar refractivity (Wildman–Crippen MR) is 84.5 cm³/mol. The molecule has 116 valence electrons. The van der Waals surface area contributed by atoms with Crippen molar-refractivity contribution in [1.29, 1.82) is 0 Å². The van der Waals surface area contributed by atoms with Gasteiger partial charge in [0, 0.05) is 25.6 Å². The number of nitrogens with two attached hydrogens (primary N) is 1. The van der Waals surface area contributed by atoms with Gasteiger partial charge in [0.2, 0.25) is 5.95 Å². The van der Waals surface area contributed by atoms with E-state index in [1.807, 2.05) is 11.6 Å². The van der Waals surface area contributed by atoms with Crippen LogP contribution in [0, 0.1) is 5.92 Å². The molecule has 4 rings (SSSR count). The molecule has 0 amide bonds. The Hall–Kier alpha value is -2.15. The third-order valence-corrected chi connectivity index (χ3v) is 4.59. The Balaban J connectivity index is 1.77. The molecular weight excluding hydrogens is 280 g/mol. The van der Waals surface area contributed by atoms with Crippen LogP contribution >= 0.6 is 0 Å². The van der Waals surface area contributed by atoms with Crippen LogP contribution < -0.4 is 10.6 Å². The molecule has 1 fully saturated rings. The molecule has 7 heteroatoms. The lowest BCUT2D eigenvalue weighted by Gasteiger charge is -2.18. The van der Waals surface area contributed by atoms with Crippen molar-refractivity contribution in [3.63, 3.8) is 0 Å². The third-order valence-electron chi connectivity index (χ3n) is 4.59. The number of rotatable bonds is 4. The standard InChI is InChI=1S/C15H20N6O/c1-20(10-4-5-10)13-12-14(19-15(16)18-13)21(8-17-12)11-3-2-9(6-11)7-22/h2-3,8-11,22H,4-7H2,1H3,(H2,16,18,19). The molecule has 2 aliphatic carbocycles. The number of nitrogens with zero attached hydrogens (tertiary/aromatic N) is 5. The molecule has 0 radical (unpaired) electrons. The first-order valence-corrected chi connectivity index (χ1v) is 7.69. The van der Waals surface area contributed by atoms with Gasteiger partial charge < -0.3 is 20.3 Å².